The van der Waals surface area contributed by atoms with E-state index in [1.807, 2.05) is 18.2 Å². The molecule has 2 bridgehead atoms. The normalized spacial score (nSPS) is 28.0. The van der Waals surface area contributed by atoms with Gasteiger partial charge >= 0.3 is 0 Å². The minimum Gasteiger partial charge on any atom is -0.497 e. The van der Waals surface area contributed by atoms with Gasteiger partial charge in [-0.2, -0.15) is 0 Å². The van der Waals surface area contributed by atoms with Gasteiger partial charge in [0.1, 0.15) is 18.2 Å². The van der Waals surface area contributed by atoms with Crippen LogP contribution in [0.4, 0.5) is 10.1 Å². The van der Waals surface area contributed by atoms with E-state index in [0.717, 1.165) is 31.2 Å². The Morgan fingerprint density at radius 1 is 1.14 bits per heavy atom. The Labute approximate surface area is 258 Å². The highest BCUT2D eigenvalue weighted by Crippen LogP contribution is 2.61. The van der Waals surface area contributed by atoms with Gasteiger partial charge in [-0.3, -0.25) is 9.36 Å². The van der Waals surface area contributed by atoms with E-state index in [9.17, 15) is 9.18 Å². The van der Waals surface area contributed by atoms with Crippen molar-refractivity contribution in [3.63, 3.8) is 0 Å². The van der Waals surface area contributed by atoms with Crippen LogP contribution in [0.5, 0.6) is 11.5 Å². The number of hydrogen-bond acceptors (Lipinski definition) is 6. The summed E-state index contributed by atoms with van der Waals surface area (Å²) in [5.41, 5.74) is 1.57. The van der Waals surface area contributed by atoms with Crippen molar-refractivity contribution in [3.8, 4) is 11.5 Å². The molecule has 0 radical (unpaired) electrons. The van der Waals surface area contributed by atoms with Crippen molar-refractivity contribution < 1.29 is 13.9 Å². The third-order valence-electron chi connectivity index (χ3n) is 10.4. The summed E-state index contributed by atoms with van der Waals surface area (Å²) in [5.74, 6) is 3.13. The first-order valence-corrected chi connectivity index (χ1v) is 15.8. The van der Waals surface area contributed by atoms with Gasteiger partial charge in [-0.1, -0.05) is 20.8 Å². The molecule has 236 valence electrons. The summed E-state index contributed by atoms with van der Waals surface area (Å²) in [7, 11) is 3.13. The van der Waals surface area contributed by atoms with Crippen LogP contribution < -0.4 is 25.7 Å². The third kappa shape index (κ3) is 5.64. The molecule has 0 spiro atoms. The molecule has 1 saturated heterocycles. The number of nitrogens with one attached hydrogen (secondary N) is 2. The van der Waals surface area contributed by atoms with Gasteiger partial charge in [0.15, 0.2) is 17.5 Å². The second-order valence-electron chi connectivity index (χ2n) is 13.7. The summed E-state index contributed by atoms with van der Waals surface area (Å²) in [5, 5.41) is 7.77. The Balaban J connectivity index is 1.29. The van der Waals surface area contributed by atoms with Gasteiger partial charge in [0.25, 0.3) is 5.56 Å². The van der Waals surface area contributed by atoms with Gasteiger partial charge in [-0.15, -0.1) is 0 Å². The molecule has 4 fully saturated rings. The molecule has 1 aromatic heterocycles. The van der Waals surface area contributed by atoms with Crippen molar-refractivity contribution in [2.45, 2.75) is 72.2 Å². The predicted molar refractivity (Wildman–Crippen MR) is 172 cm³/mol. The van der Waals surface area contributed by atoms with Gasteiger partial charge < -0.3 is 25.0 Å². The number of methoxy groups -OCH3 is 1. The van der Waals surface area contributed by atoms with Gasteiger partial charge in [-0.05, 0) is 80.2 Å². The first kappa shape index (κ1) is 30.4. The summed E-state index contributed by atoms with van der Waals surface area (Å²) >= 11 is 0. The Morgan fingerprint density at radius 3 is 2.55 bits per heavy atom. The van der Waals surface area contributed by atoms with E-state index < -0.39 is 5.82 Å². The van der Waals surface area contributed by atoms with Crippen molar-refractivity contribution in [2.75, 3.05) is 25.5 Å². The Hall–Kier alpha value is -3.66. The molecule has 3 aliphatic carbocycles. The molecule has 0 amide bonds. The SMILES string of the molecule is COc1ccc(OCc2nc3cc(NC(=N[C@H]4C[C@H]5C[C@@H]([C@@H]4C)C5(C)C)N4C[C@@H](C)N[C@@H](C)C4)ccc3c(=O)n2C)c(F)c1. The average molecular weight is 605 g/mol. The number of aliphatic imine (C=N–C) groups is 1. The van der Waals surface area contributed by atoms with Crippen LogP contribution in [0.25, 0.3) is 10.9 Å². The molecule has 2 aromatic carbocycles. The summed E-state index contributed by atoms with van der Waals surface area (Å²) in [6.07, 6.45) is 2.42. The molecular formula is C34H45FN6O3. The van der Waals surface area contributed by atoms with Gasteiger partial charge in [0.05, 0.1) is 24.1 Å². The van der Waals surface area contributed by atoms with Crippen LogP contribution in [0.15, 0.2) is 46.2 Å². The summed E-state index contributed by atoms with van der Waals surface area (Å²) in [4.78, 5) is 25.8. The molecule has 1 aliphatic heterocycles. The number of fused-ring (bicyclic) bond motifs is 3. The van der Waals surface area contributed by atoms with Crippen LogP contribution in [0.1, 0.15) is 53.3 Å². The average Bonchev–Trinajstić information content (AvgIpc) is 2.98. The van der Waals surface area contributed by atoms with E-state index in [2.05, 4.69) is 50.2 Å². The number of hydrogen-bond donors (Lipinski definition) is 2. The first-order valence-electron chi connectivity index (χ1n) is 15.8. The maximum absolute atomic E-state index is 14.5. The summed E-state index contributed by atoms with van der Waals surface area (Å²) in [6, 6.07) is 10.9. The van der Waals surface area contributed by atoms with E-state index in [0.29, 0.717) is 57.7 Å². The van der Waals surface area contributed by atoms with Crippen molar-refractivity contribution in [1.29, 1.82) is 0 Å². The number of aromatic nitrogens is 2. The van der Waals surface area contributed by atoms with E-state index in [1.54, 1.807) is 13.1 Å². The Kier molecular flexibility index (Phi) is 8.07. The lowest BCUT2D eigenvalue weighted by Crippen LogP contribution is -2.59. The minimum atomic E-state index is -0.543. The topological polar surface area (TPSA) is 93.0 Å². The molecule has 9 nitrogen and oxygen atoms in total. The molecular weight excluding hydrogens is 559 g/mol. The summed E-state index contributed by atoms with van der Waals surface area (Å²) < 4.78 is 26.7. The van der Waals surface area contributed by atoms with Crippen LogP contribution in [0.2, 0.25) is 0 Å². The van der Waals surface area contributed by atoms with Crippen molar-refractivity contribution in [1.82, 2.24) is 19.8 Å². The van der Waals surface area contributed by atoms with Gasteiger partial charge in [0.2, 0.25) is 0 Å². The highest BCUT2D eigenvalue weighted by atomic mass is 19.1. The fraction of sp³-hybridized carbons (Fsp3) is 0.559. The predicted octanol–water partition coefficient (Wildman–Crippen LogP) is 5.18. The van der Waals surface area contributed by atoms with E-state index in [-0.39, 0.29) is 24.0 Å². The second kappa shape index (κ2) is 11.7. The fourth-order valence-corrected chi connectivity index (χ4v) is 7.66. The molecule has 44 heavy (non-hydrogen) atoms. The van der Waals surface area contributed by atoms with Gasteiger partial charge in [0, 0.05) is 44.0 Å². The molecule has 10 heteroatoms. The fourth-order valence-electron chi connectivity index (χ4n) is 7.66. The van der Waals surface area contributed by atoms with E-state index in [4.69, 9.17) is 19.5 Å². The largest absolute Gasteiger partial charge is 0.497 e. The van der Waals surface area contributed by atoms with Crippen LogP contribution in [-0.4, -0.2) is 58.7 Å². The van der Waals surface area contributed by atoms with Crippen LogP contribution >= 0.6 is 0 Å². The Morgan fingerprint density at radius 2 is 1.89 bits per heavy atom. The number of guanidine groups is 1. The molecule has 0 unspecified atom stereocenters. The number of benzene rings is 2. The molecule has 4 aliphatic rings. The minimum absolute atomic E-state index is 0.0638. The zero-order valence-corrected chi connectivity index (χ0v) is 26.9. The maximum Gasteiger partial charge on any atom is 0.261 e. The van der Waals surface area contributed by atoms with Crippen LogP contribution in [-0.2, 0) is 13.7 Å². The van der Waals surface area contributed by atoms with Gasteiger partial charge in [-0.25, -0.2) is 14.4 Å². The van der Waals surface area contributed by atoms with Crippen molar-refractivity contribution in [2.24, 2.45) is 35.2 Å². The number of nitrogens with zero attached hydrogens (tertiary/aromatic N) is 4. The highest BCUT2D eigenvalue weighted by molar-refractivity contribution is 5.96. The monoisotopic (exact) mass is 604 g/mol. The molecule has 3 saturated carbocycles. The zero-order chi connectivity index (χ0) is 31.3. The van der Waals surface area contributed by atoms with Crippen molar-refractivity contribution in [3.05, 3.63) is 58.4 Å². The highest BCUT2D eigenvalue weighted by Gasteiger charge is 2.56. The smallest absolute Gasteiger partial charge is 0.261 e. The van der Waals surface area contributed by atoms with Crippen molar-refractivity contribution >= 4 is 22.5 Å². The number of anilines is 1. The number of rotatable bonds is 6. The lowest BCUT2D eigenvalue weighted by Gasteiger charge is -2.61. The van der Waals surface area contributed by atoms with E-state index in [1.165, 1.54) is 30.2 Å². The first-order chi connectivity index (χ1) is 20.9. The van der Waals surface area contributed by atoms with E-state index >= 15 is 0 Å². The zero-order valence-electron chi connectivity index (χ0n) is 26.9. The standard InChI is InChI=1S/C34H45FN6O3/c1-19-16-41(17-20(2)36-19)33(39-28-13-22-12-26(21(28)3)34(22,4)5)37-23-8-10-25-29(14-23)38-31(40(6)32(25)42)18-44-30-11-9-24(43-7)15-27(30)35/h8-11,14-15,19-22,26,28,36H,12-13,16-18H2,1-7H3,(H,37,39)/t19-,20+,21-,22+,26-,28-/m0/s1. The molecule has 6 atom stereocenters. The lowest BCUT2D eigenvalue weighted by molar-refractivity contribution is -0.108. The summed E-state index contributed by atoms with van der Waals surface area (Å²) in [6.45, 7) is 13.3. The van der Waals surface area contributed by atoms with Crippen LogP contribution in [0, 0.1) is 29.0 Å². The molecule has 2 N–H and O–H groups in total. The third-order valence-corrected chi connectivity index (χ3v) is 10.4. The quantitative estimate of drug-likeness (QED) is 0.296. The molecule has 2 heterocycles. The Bertz CT molecular complexity index is 1630. The maximum atomic E-state index is 14.5. The molecule has 7 rings (SSSR count). The number of halogens is 1. The lowest BCUT2D eigenvalue weighted by atomic mass is 9.45. The molecule has 3 aromatic rings. The number of ether oxygens (including phenoxy) is 2. The second-order valence-corrected chi connectivity index (χ2v) is 13.7. The van der Waals surface area contributed by atoms with Crippen LogP contribution in [0.3, 0.4) is 0 Å². The number of piperazine rings is 1.